The Morgan fingerprint density at radius 2 is 1.81 bits per heavy atom. The number of anilines is 1. The average molecular weight is 278 g/mol. The molecule has 0 atom stereocenters. The van der Waals surface area contributed by atoms with E-state index in [-0.39, 0.29) is 5.91 Å². The van der Waals surface area contributed by atoms with Gasteiger partial charge in [0.1, 0.15) is 5.69 Å². The van der Waals surface area contributed by atoms with Crippen LogP contribution in [0.3, 0.4) is 0 Å². The number of carbonyl (C=O) groups excluding carboxylic acids is 1. The summed E-state index contributed by atoms with van der Waals surface area (Å²) in [5.41, 5.74) is 5.64. The van der Waals surface area contributed by atoms with Crippen LogP contribution < -0.4 is 5.32 Å². The Balaban J connectivity index is 1.97. The molecule has 0 saturated carbocycles. The molecule has 3 rings (SSSR count). The van der Waals surface area contributed by atoms with E-state index in [9.17, 15) is 4.79 Å². The second-order valence-electron chi connectivity index (χ2n) is 5.44. The highest BCUT2D eigenvalue weighted by Crippen LogP contribution is 2.23. The van der Waals surface area contributed by atoms with Gasteiger partial charge in [0.15, 0.2) is 0 Å². The molecular formula is C18H18N2O. The number of hydrogen-bond donors (Lipinski definition) is 2. The van der Waals surface area contributed by atoms with Crippen LogP contribution in [-0.2, 0) is 0 Å². The Hall–Kier alpha value is -2.55. The number of hydrogen-bond acceptors (Lipinski definition) is 1. The van der Waals surface area contributed by atoms with Crippen LogP contribution in [0.25, 0.3) is 10.9 Å². The summed E-state index contributed by atoms with van der Waals surface area (Å²) in [5, 5.41) is 4.09. The van der Waals surface area contributed by atoms with Crippen LogP contribution >= 0.6 is 0 Å². The molecule has 0 spiro atoms. The van der Waals surface area contributed by atoms with E-state index in [0.717, 1.165) is 33.3 Å². The Kier molecular flexibility index (Phi) is 3.26. The van der Waals surface area contributed by atoms with Gasteiger partial charge in [-0.1, -0.05) is 30.3 Å². The monoisotopic (exact) mass is 278 g/mol. The Bertz CT molecular complexity index is 830. The number of rotatable bonds is 2. The number of amides is 1. The zero-order valence-electron chi connectivity index (χ0n) is 12.4. The standard InChI is InChI=1S/C18H18N2O/c1-11-8-9-12(2)16(10-11)20-18(21)17-13(3)14-6-4-5-7-15(14)19-17/h4-10,19H,1-3H3,(H,20,21). The SMILES string of the molecule is Cc1ccc(C)c(NC(=O)c2[nH]c3ccccc3c2C)c1. The summed E-state index contributed by atoms with van der Waals surface area (Å²) in [5.74, 6) is -0.0996. The van der Waals surface area contributed by atoms with Crippen LogP contribution in [0.15, 0.2) is 42.5 Å². The molecule has 0 aliphatic heterocycles. The molecule has 106 valence electrons. The highest BCUT2D eigenvalue weighted by molar-refractivity contribution is 6.08. The minimum Gasteiger partial charge on any atom is -0.350 e. The first-order chi connectivity index (χ1) is 10.1. The number of H-pyrrole nitrogens is 1. The van der Waals surface area contributed by atoms with Crippen molar-refractivity contribution in [3.8, 4) is 0 Å². The maximum atomic E-state index is 12.5. The van der Waals surface area contributed by atoms with Crippen molar-refractivity contribution in [1.29, 1.82) is 0 Å². The summed E-state index contributed by atoms with van der Waals surface area (Å²) < 4.78 is 0. The van der Waals surface area contributed by atoms with Crippen LogP contribution in [0.5, 0.6) is 0 Å². The van der Waals surface area contributed by atoms with Gasteiger partial charge >= 0.3 is 0 Å². The third-order valence-electron chi connectivity index (χ3n) is 3.83. The van der Waals surface area contributed by atoms with Crippen molar-refractivity contribution in [2.45, 2.75) is 20.8 Å². The molecule has 1 aromatic heterocycles. The third kappa shape index (κ3) is 2.42. The number of benzene rings is 2. The maximum Gasteiger partial charge on any atom is 0.272 e. The van der Waals surface area contributed by atoms with Crippen molar-refractivity contribution in [3.05, 3.63) is 64.8 Å². The van der Waals surface area contributed by atoms with E-state index in [0.29, 0.717) is 5.69 Å². The Morgan fingerprint density at radius 1 is 1.05 bits per heavy atom. The molecule has 0 fully saturated rings. The number of fused-ring (bicyclic) bond motifs is 1. The van der Waals surface area contributed by atoms with Gasteiger partial charge in [-0.15, -0.1) is 0 Å². The summed E-state index contributed by atoms with van der Waals surface area (Å²) in [6.07, 6.45) is 0. The number of carbonyl (C=O) groups is 1. The van der Waals surface area contributed by atoms with Crippen molar-refractivity contribution < 1.29 is 4.79 Å². The number of nitrogens with one attached hydrogen (secondary N) is 2. The highest BCUT2D eigenvalue weighted by Gasteiger charge is 2.15. The minimum absolute atomic E-state index is 0.0996. The lowest BCUT2D eigenvalue weighted by atomic mass is 10.1. The first-order valence-electron chi connectivity index (χ1n) is 7.02. The first kappa shape index (κ1) is 13.4. The Morgan fingerprint density at radius 3 is 2.57 bits per heavy atom. The molecule has 0 saturated heterocycles. The van der Waals surface area contributed by atoms with Crippen molar-refractivity contribution >= 4 is 22.5 Å². The Labute approximate surface area is 124 Å². The van der Waals surface area contributed by atoms with Gasteiger partial charge in [-0.25, -0.2) is 0 Å². The summed E-state index contributed by atoms with van der Waals surface area (Å²) in [4.78, 5) is 15.7. The molecule has 1 heterocycles. The molecule has 0 bridgehead atoms. The highest BCUT2D eigenvalue weighted by atomic mass is 16.1. The molecule has 3 heteroatoms. The minimum atomic E-state index is -0.0996. The van der Waals surface area contributed by atoms with Gasteiger partial charge in [0, 0.05) is 16.6 Å². The van der Waals surface area contributed by atoms with Crippen LogP contribution in [0.4, 0.5) is 5.69 Å². The van der Waals surface area contributed by atoms with Crippen molar-refractivity contribution in [2.24, 2.45) is 0 Å². The average Bonchev–Trinajstić information content (AvgIpc) is 2.81. The number of aromatic amines is 1. The van der Waals surface area contributed by atoms with Gasteiger partial charge in [-0.05, 0) is 49.6 Å². The predicted octanol–water partition coefficient (Wildman–Crippen LogP) is 4.35. The lowest BCUT2D eigenvalue weighted by Crippen LogP contribution is -2.14. The molecular weight excluding hydrogens is 260 g/mol. The number of aryl methyl sites for hydroxylation is 3. The fourth-order valence-electron chi connectivity index (χ4n) is 2.56. The zero-order chi connectivity index (χ0) is 15.0. The summed E-state index contributed by atoms with van der Waals surface area (Å²) in [6, 6.07) is 14.0. The first-order valence-corrected chi connectivity index (χ1v) is 7.02. The van der Waals surface area contributed by atoms with Gasteiger partial charge in [0.25, 0.3) is 5.91 Å². The zero-order valence-corrected chi connectivity index (χ0v) is 12.4. The third-order valence-corrected chi connectivity index (χ3v) is 3.83. The molecule has 2 N–H and O–H groups in total. The van der Waals surface area contributed by atoms with E-state index in [1.54, 1.807) is 0 Å². The number of para-hydroxylation sites is 1. The fourth-order valence-corrected chi connectivity index (χ4v) is 2.56. The smallest absolute Gasteiger partial charge is 0.272 e. The van der Waals surface area contributed by atoms with Crippen LogP contribution in [0, 0.1) is 20.8 Å². The van der Waals surface area contributed by atoms with E-state index in [2.05, 4.69) is 10.3 Å². The van der Waals surface area contributed by atoms with Gasteiger partial charge in [-0.3, -0.25) is 4.79 Å². The molecule has 3 aromatic rings. The lowest BCUT2D eigenvalue weighted by molar-refractivity contribution is 0.102. The summed E-state index contributed by atoms with van der Waals surface area (Å²) in [6.45, 7) is 5.98. The van der Waals surface area contributed by atoms with Gasteiger partial charge < -0.3 is 10.3 Å². The normalized spacial score (nSPS) is 10.8. The van der Waals surface area contributed by atoms with Gasteiger partial charge in [-0.2, -0.15) is 0 Å². The predicted molar refractivity (Wildman–Crippen MR) is 86.9 cm³/mol. The molecule has 0 aliphatic carbocycles. The van der Waals surface area contributed by atoms with Crippen LogP contribution in [-0.4, -0.2) is 10.9 Å². The van der Waals surface area contributed by atoms with Crippen molar-refractivity contribution in [1.82, 2.24) is 4.98 Å². The van der Waals surface area contributed by atoms with Crippen molar-refractivity contribution in [3.63, 3.8) is 0 Å². The molecule has 0 aliphatic rings. The largest absolute Gasteiger partial charge is 0.350 e. The summed E-state index contributed by atoms with van der Waals surface area (Å²) >= 11 is 0. The number of aromatic nitrogens is 1. The molecule has 21 heavy (non-hydrogen) atoms. The van der Waals surface area contributed by atoms with Crippen LogP contribution in [0.1, 0.15) is 27.2 Å². The quantitative estimate of drug-likeness (QED) is 0.719. The topological polar surface area (TPSA) is 44.9 Å². The van der Waals surface area contributed by atoms with E-state index >= 15 is 0 Å². The second kappa shape index (κ2) is 5.09. The molecule has 1 amide bonds. The van der Waals surface area contributed by atoms with Gasteiger partial charge in [0.2, 0.25) is 0 Å². The van der Waals surface area contributed by atoms with E-state index in [1.165, 1.54) is 0 Å². The fraction of sp³-hybridized carbons (Fsp3) is 0.167. The van der Waals surface area contributed by atoms with E-state index in [4.69, 9.17) is 0 Å². The van der Waals surface area contributed by atoms with Gasteiger partial charge in [0.05, 0.1) is 0 Å². The second-order valence-corrected chi connectivity index (χ2v) is 5.44. The molecule has 0 unspecified atom stereocenters. The van der Waals surface area contributed by atoms with Crippen molar-refractivity contribution in [2.75, 3.05) is 5.32 Å². The van der Waals surface area contributed by atoms with E-state index in [1.807, 2.05) is 63.2 Å². The lowest BCUT2D eigenvalue weighted by Gasteiger charge is -2.09. The van der Waals surface area contributed by atoms with Crippen LogP contribution in [0.2, 0.25) is 0 Å². The summed E-state index contributed by atoms with van der Waals surface area (Å²) in [7, 11) is 0. The molecule has 0 radical (unpaired) electrons. The van der Waals surface area contributed by atoms with E-state index < -0.39 is 0 Å². The maximum absolute atomic E-state index is 12.5. The molecule has 2 aromatic carbocycles. The molecule has 3 nitrogen and oxygen atoms in total.